The lowest BCUT2D eigenvalue weighted by molar-refractivity contribution is -0.130. The van der Waals surface area contributed by atoms with E-state index in [0.29, 0.717) is 13.0 Å². The van der Waals surface area contributed by atoms with E-state index in [1.54, 1.807) is 35.0 Å². The van der Waals surface area contributed by atoms with E-state index in [-0.39, 0.29) is 11.7 Å². The van der Waals surface area contributed by atoms with Gasteiger partial charge in [-0.15, -0.1) is 0 Å². The molecule has 2 heterocycles. The first-order valence-electron chi connectivity index (χ1n) is 8.97. The molecule has 1 amide bonds. The Kier molecular flexibility index (Phi) is 5.69. The van der Waals surface area contributed by atoms with Crippen molar-refractivity contribution in [3.63, 3.8) is 0 Å². The molecule has 0 saturated carbocycles. The van der Waals surface area contributed by atoms with Crippen LogP contribution in [0.15, 0.2) is 42.7 Å². The summed E-state index contributed by atoms with van der Waals surface area (Å²) in [6.07, 6.45) is 4.80. The molecule has 0 atom stereocenters. The second kappa shape index (κ2) is 8.16. The highest BCUT2D eigenvalue weighted by atomic mass is 19.1. The van der Waals surface area contributed by atoms with Gasteiger partial charge in [-0.25, -0.2) is 9.07 Å². The first-order chi connectivity index (χ1) is 12.9. The molecule has 0 aliphatic carbocycles. The Hall–Kier alpha value is -2.96. The number of rotatable bonds is 7. The van der Waals surface area contributed by atoms with Gasteiger partial charge in [0.1, 0.15) is 5.82 Å². The van der Waals surface area contributed by atoms with Crippen LogP contribution in [0.4, 0.5) is 4.39 Å². The SMILES string of the molecule is Cc1cc(C)n(CCCC(=O)N(C)Cc2cnn(-c3ccc(F)cc3)c2)n1. The lowest BCUT2D eigenvalue weighted by atomic mass is 10.2. The molecule has 7 heteroatoms. The Morgan fingerprint density at radius 1 is 1.22 bits per heavy atom. The largest absolute Gasteiger partial charge is 0.341 e. The van der Waals surface area contributed by atoms with Crippen LogP contribution in [0.3, 0.4) is 0 Å². The Morgan fingerprint density at radius 2 is 1.96 bits per heavy atom. The van der Waals surface area contributed by atoms with E-state index in [4.69, 9.17) is 0 Å². The van der Waals surface area contributed by atoms with Gasteiger partial charge in [-0.3, -0.25) is 9.48 Å². The van der Waals surface area contributed by atoms with E-state index >= 15 is 0 Å². The summed E-state index contributed by atoms with van der Waals surface area (Å²) in [7, 11) is 1.79. The zero-order valence-corrected chi connectivity index (χ0v) is 15.9. The summed E-state index contributed by atoms with van der Waals surface area (Å²) in [4.78, 5) is 14.1. The van der Waals surface area contributed by atoms with Gasteiger partial charge in [-0.1, -0.05) is 0 Å². The van der Waals surface area contributed by atoms with Gasteiger partial charge in [-0.05, 0) is 50.6 Å². The third-order valence-electron chi connectivity index (χ3n) is 4.44. The van der Waals surface area contributed by atoms with Gasteiger partial charge in [0.15, 0.2) is 0 Å². The molecule has 27 heavy (non-hydrogen) atoms. The molecule has 3 aromatic rings. The summed E-state index contributed by atoms with van der Waals surface area (Å²) < 4.78 is 16.6. The molecule has 2 aromatic heterocycles. The van der Waals surface area contributed by atoms with Crippen molar-refractivity contribution >= 4 is 5.91 Å². The van der Waals surface area contributed by atoms with Gasteiger partial charge >= 0.3 is 0 Å². The molecule has 0 N–H and O–H groups in total. The minimum atomic E-state index is -0.281. The maximum absolute atomic E-state index is 13.0. The zero-order chi connectivity index (χ0) is 19.4. The van der Waals surface area contributed by atoms with Gasteiger partial charge in [0.25, 0.3) is 0 Å². The van der Waals surface area contributed by atoms with Crippen LogP contribution in [0.1, 0.15) is 29.8 Å². The quantitative estimate of drug-likeness (QED) is 0.642. The average Bonchev–Trinajstić information content (AvgIpc) is 3.21. The van der Waals surface area contributed by atoms with Crippen LogP contribution in [-0.2, 0) is 17.9 Å². The van der Waals surface area contributed by atoms with Gasteiger partial charge < -0.3 is 4.90 Å². The van der Waals surface area contributed by atoms with E-state index < -0.39 is 0 Å². The normalized spacial score (nSPS) is 11.0. The van der Waals surface area contributed by atoms with Crippen LogP contribution < -0.4 is 0 Å². The lowest BCUT2D eigenvalue weighted by Crippen LogP contribution is -2.26. The number of benzene rings is 1. The highest BCUT2D eigenvalue weighted by Gasteiger charge is 2.11. The molecule has 1 aromatic carbocycles. The molecule has 0 saturated heterocycles. The number of amides is 1. The Bertz CT molecular complexity index is 913. The minimum absolute atomic E-state index is 0.0889. The summed E-state index contributed by atoms with van der Waals surface area (Å²) in [6, 6.07) is 8.16. The zero-order valence-electron chi connectivity index (χ0n) is 15.9. The first-order valence-corrected chi connectivity index (χ1v) is 8.97. The number of carbonyl (C=O) groups is 1. The minimum Gasteiger partial charge on any atom is -0.341 e. The van der Waals surface area contributed by atoms with Crippen molar-refractivity contribution in [3.05, 3.63) is 65.5 Å². The fraction of sp³-hybridized carbons (Fsp3) is 0.350. The van der Waals surface area contributed by atoms with Gasteiger partial charge in [0.2, 0.25) is 5.91 Å². The predicted octanol–water partition coefficient (Wildman–Crippen LogP) is 3.26. The smallest absolute Gasteiger partial charge is 0.222 e. The van der Waals surface area contributed by atoms with Crippen LogP contribution in [0.25, 0.3) is 5.69 Å². The van der Waals surface area contributed by atoms with Gasteiger partial charge in [0.05, 0.1) is 17.6 Å². The third-order valence-corrected chi connectivity index (χ3v) is 4.44. The molecule has 3 rings (SSSR count). The summed E-state index contributed by atoms with van der Waals surface area (Å²) in [5.74, 6) is -0.192. The summed E-state index contributed by atoms with van der Waals surface area (Å²) in [5, 5.41) is 8.70. The lowest BCUT2D eigenvalue weighted by Gasteiger charge is -2.16. The van der Waals surface area contributed by atoms with Crippen molar-refractivity contribution in [2.45, 2.75) is 39.8 Å². The van der Waals surface area contributed by atoms with E-state index in [1.165, 1.54) is 12.1 Å². The number of nitrogens with zero attached hydrogens (tertiary/aromatic N) is 5. The van der Waals surface area contributed by atoms with Gasteiger partial charge in [-0.2, -0.15) is 10.2 Å². The number of hydrogen-bond acceptors (Lipinski definition) is 3. The molecular weight excluding hydrogens is 345 g/mol. The molecule has 0 bridgehead atoms. The van der Waals surface area contributed by atoms with Crippen LogP contribution >= 0.6 is 0 Å². The second-order valence-corrected chi connectivity index (χ2v) is 6.77. The van der Waals surface area contributed by atoms with E-state index in [1.807, 2.05) is 30.8 Å². The van der Waals surface area contributed by atoms with Crippen LogP contribution in [0, 0.1) is 19.7 Å². The fourth-order valence-corrected chi connectivity index (χ4v) is 3.01. The van der Waals surface area contributed by atoms with E-state index in [2.05, 4.69) is 10.2 Å². The molecule has 0 aliphatic heterocycles. The molecule has 142 valence electrons. The predicted molar refractivity (Wildman–Crippen MR) is 101 cm³/mol. The van der Waals surface area contributed by atoms with E-state index in [0.717, 1.165) is 35.6 Å². The highest BCUT2D eigenvalue weighted by Crippen LogP contribution is 2.12. The van der Waals surface area contributed by atoms with Crippen molar-refractivity contribution in [2.75, 3.05) is 7.05 Å². The topological polar surface area (TPSA) is 56.0 Å². The second-order valence-electron chi connectivity index (χ2n) is 6.77. The molecule has 0 radical (unpaired) electrons. The molecular formula is C20H24FN5O. The van der Waals surface area contributed by atoms with Crippen molar-refractivity contribution in [2.24, 2.45) is 0 Å². The maximum atomic E-state index is 13.0. The molecule has 0 aliphatic rings. The van der Waals surface area contributed by atoms with Crippen LogP contribution in [0.2, 0.25) is 0 Å². The molecule has 0 spiro atoms. The Labute approximate surface area is 158 Å². The van der Waals surface area contributed by atoms with Crippen molar-refractivity contribution in [1.82, 2.24) is 24.5 Å². The van der Waals surface area contributed by atoms with Gasteiger partial charge in [0, 0.05) is 44.0 Å². The number of aromatic nitrogens is 4. The van der Waals surface area contributed by atoms with Crippen molar-refractivity contribution < 1.29 is 9.18 Å². The number of halogens is 1. The average molecular weight is 369 g/mol. The molecule has 0 fully saturated rings. The van der Waals surface area contributed by atoms with Crippen LogP contribution in [-0.4, -0.2) is 37.4 Å². The molecule has 6 nitrogen and oxygen atoms in total. The van der Waals surface area contributed by atoms with Crippen LogP contribution in [0.5, 0.6) is 0 Å². The van der Waals surface area contributed by atoms with Crippen molar-refractivity contribution in [3.8, 4) is 5.69 Å². The number of hydrogen-bond donors (Lipinski definition) is 0. The summed E-state index contributed by atoms with van der Waals surface area (Å²) >= 11 is 0. The third kappa shape index (κ3) is 4.81. The summed E-state index contributed by atoms with van der Waals surface area (Å²) in [5.41, 5.74) is 3.81. The van der Waals surface area contributed by atoms with Crippen molar-refractivity contribution in [1.29, 1.82) is 0 Å². The monoisotopic (exact) mass is 369 g/mol. The Balaban J connectivity index is 1.51. The summed E-state index contributed by atoms with van der Waals surface area (Å²) in [6.45, 7) is 5.21. The number of aryl methyl sites for hydroxylation is 3. The Morgan fingerprint density at radius 3 is 2.63 bits per heavy atom. The maximum Gasteiger partial charge on any atom is 0.222 e. The van der Waals surface area contributed by atoms with E-state index in [9.17, 15) is 9.18 Å². The highest BCUT2D eigenvalue weighted by molar-refractivity contribution is 5.75. The first kappa shape index (κ1) is 18.8. The fourth-order valence-electron chi connectivity index (χ4n) is 3.01. The number of carbonyl (C=O) groups excluding carboxylic acids is 1. The standard InChI is InChI=1S/C20H24FN5O/c1-15-11-16(2)25(23-15)10-4-5-20(27)24(3)13-17-12-22-26(14-17)19-8-6-18(21)7-9-19/h6-9,11-12,14H,4-5,10,13H2,1-3H3. The molecule has 0 unspecified atom stereocenters.